The van der Waals surface area contributed by atoms with E-state index in [9.17, 15) is 19.2 Å². The molecule has 0 radical (unpaired) electrons. The van der Waals surface area contributed by atoms with Crippen molar-refractivity contribution in [3.05, 3.63) is 64.6 Å². The van der Waals surface area contributed by atoms with Gasteiger partial charge in [-0.1, -0.05) is 36.4 Å². The Kier molecular flexibility index (Phi) is 8.40. The summed E-state index contributed by atoms with van der Waals surface area (Å²) in [6, 6.07) is 13.6. The summed E-state index contributed by atoms with van der Waals surface area (Å²) in [5.41, 5.74) is 1.05. The molecule has 0 aromatic heterocycles. The highest BCUT2D eigenvalue weighted by Gasteiger charge is 2.36. The number of hydrogen-bond donors (Lipinski definition) is 0. The molecule has 2 saturated heterocycles. The molecule has 2 aromatic rings. The van der Waals surface area contributed by atoms with E-state index in [1.54, 1.807) is 59.5 Å². The van der Waals surface area contributed by atoms with Gasteiger partial charge in [-0.15, -0.1) is 0 Å². The zero-order valence-corrected chi connectivity index (χ0v) is 20.6. The summed E-state index contributed by atoms with van der Waals surface area (Å²) in [5, 5.41) is -0.498. The minimum absolute atomic E-state index is 0.131. The number of benzene rings is 2. The fraction of sp³-hybridized carbons (Fsp3) is 0.308. The molecule has 2 fully saturated rings. The maximum Gasteiger partial charge on any atom is 0.293 e. The zero-order chi connectivity index (χ0) is 25.5. The molecule has 0 aliphatic carbocycles. The third kappa shape index (κ3) is 6.13. The molecule has 0 bridgehead atoms. The van der Waals surface area contributed by atoms with E-state index in [4.69, 9.17) is 14.2 Å². The van der Waals surface area contributed by atoms with Crippen LogP contribution in [0.5, 0.6) is 11.5 Å². The van der Waals surface area contributed by atoms with Crippen LogP contribution in [0.25, 0.3) is 6.08 Å². The van der Waals surface area contributed by atoms with Crippen molar-refractivity contribution < 1.29 is 33.4 Å². The average Bonchev–Trinajstić information content (AvgIpc) is 3.16. The van der Waals surface area contributed by atoms with Crippen LogP contribution in [0, 0.1) is 0 Å². The van der Waals surface area contributed by atoms with Gasteiger partial charge in [0, 0.05) is 18.7 Å². The number of hydrogen-bond acceptors (Lipinski definition) is 8. The van der Waals surface area contributed by atoms with Crippen molar-refractivity contribution in [3.63, 3.8) is 0 Å². The lowest BCUT2D eigenvalue weighted by molar-refractivity contribution is -0.137. The van der Waals surface area contributed by atoms with Crippen LogP contribution in [0.1, 0.15) is 22.8 Å². The highest BCUT2D eigenvalue weighted by molar-refractivity contribution is 8.18. The fourth-order valence-electron chi connectivity index (χ4n) is 3.69. The molecule has 0 unspecified atom stereocenters. The van der Waals surface area contributed by atoms with Gasteiger partial charge in [-0.3, -0.25) is 24.1 Å². The van der Waals surface area contributed by atoms with Crippen LogP contribution in [-0.2, 0) is 14.3 Å². The SMILES string of the molecule is CCOc1cc(/C=C2\SC(=O)N(CC(=O)c3ccccc3)C2=O)ccc1OCC(=O)N1CCOCC1. The molecule has 3 amide bonds. The quantitative estimate of drug-likeness (QED) is 0.374. The van der Waals surface area contributed by atoms with E-state index < -0.39 is 11.1 Å². The summed E-state index contributed by atoms with van der Waals surface area (Å²) in [6.45, 7) is 3.83. The van der Waals surface area contributed by atoms with Crippen LogP contribution in [0.4, 0.5) is 4.79 Å². The maximum atomic E-state index is 12.8. The zero-order valence-electron chi connectivity index (χ0n) is 19.8. The first-order chi connectivity index (χ1) is 17.5. The molecule has 188 valence electrons. The number of amides is 3. The summed E-state index contributed by atoms with van der Waals surface area (Å²) in [6.07, 6.45) is 1.57. The second-order valence-corrected chi connectivity index (χ2v) is 8.97. The van der Waals surface area contributed by atoms with E-state index in [1.165, 1.54) is 0 Å². The van der Waals surface area contributed by atoms with E-state index in [1.807, 2.05) is 6.92 Å². The van der Waals surface area contributed by atoms with E-state index >= 15 is 0 Å². The van der Waals surface area contributed by atoms with Crippen molar-refractivity contribution in [2.45, 2.75) is 6.92 Å². The lowest BCUT2D eigenvalue weighted by Crippen LogP contribution is -2.43. The second kappa shape index (κ2) is 11.9. The molecular weight excluding hydrogens is 484 g/mol. The number of Topliss-reactive ketones (excluding diaryl/α,β-unsaturated/α-hetero) is 1. The van der Waals surface area contributed by atoms with Crippen LogP contribution in [0.2, 0.25) is 0 Å². The Hall–Kier alpha value is -3.63. The van der Waals surface area contributed by atoms with Crippen LogP contribution < -0.4 is 9.47 Å². The number of ketones is 1. The molecule has 2 aromatic carbocycles. The predicted octanol–water partition coefficient (Wildman–Crippen LogP) is 3.24. The first kappa shape index (κ1) is 25.5. The molecule has 2 heterocycles. The fourth-order valence-corrected chi connectivity index (χ4v) is 4.53. The summed E-state index contributed by atoms with van der Waals surface area (Å²) < 4.78 is 16.7. The first-order valence-corrected chi connectivity index (χ1v) is 12.4. The Morgan fingerprint density at radius 2 is 1.78 bits per heavy atom. The maximum absolute atomic E-state index is 12.8. The van der Waals surface area contributed by atoms with Crippen molar-refractivity contribution in [2.24, 2.45) is 0 Å². The largest absolute Gasteiger partial charge is 0.490 e. The number of nitrogens with zero attached hydrogens (tertiary/aromatic N) is 2. The van der Waals surface area contributed by atoms with Gasteiger partial charge in [-0.2, -0.15) is 0 Å². The molecule has 0 atom stereocenters. The number of carbonyl (C=O) groups excluding carboxylic acids is 4. The van der Waals surface area contributed by atoms with Gasteiger partial charge in [-0.05, 0) is 42.5 Å². The minimum atomic E-state index is -0.524. The van der Waals surface area contributed by atoms with Crippen LogP contribution in [-0.4, -0.2) is 78.7 Å². The Bertz CT molecular complexity index is 1180. The number of morpholine rings is 1. The standard InChI is InChI=1S/C26H26N2O7S/c1-2-34-22-14-18(8-9-21(22)35-17-24(30)27-10-12-33-13-11-27)15-23-25(31)28(26(32)36-23)16-20(29)19-6-4-3-5-7-19/h3-9,14-15H,2,10-13,16-17H2,1H3/b23-15-. The first-order valence-electron chi connectivity index (χ1n) is 11.5. The molecule has 2 aliphatic rings. The number of carbonyl (C=O) groups is 4. The normalized spacial score (nSPS) is 17.0. The Balaban J connectivity index is 1.44. The predicted molar refractivity (Wildman–Crippen MR) is 134 cm³/mol. The molecule has 0 saturated carbocycles. The van der Waals surface area contributed by atoms with Crippen LogP contribution in [0.3, 0.4) is 0 Å². The monoisotopic (exact) mass is 510 g/mol. The van der Waals surface area contributed by atoms with E-state index in [-0.39, 0.29) is 29.7 Å². The molecule has 36 heavy (non-hydrogen) atoms. The molecule has 0 N–H and O–H groups in total. The topological polar surface area (TPSA) is 102 Å². The Morgan fingerprint density at radius 1 is 1.03 bits per heavy atom. The van der Waals surface area contributed by atoms with E-state index in [0.717, 1.165) is 16.7 Å². The molecular formula is C26H26N2O7S. The number of imide groups is 1. The minimum Gasteiger partial charge on any atom is -0.490 e. The number of thioether (sulfide) groups is 1. The van der Waals surface area contributed by atoms with Crippen molar-refractivity contribution in [3.8, 4) is 11.5 Å². The van der Waals surface area contributed by atoms with Crippen molar-refractivity contribution in [1.29, 1.82) is 0 Å². The van der Waals surface area contributed by atoms with Gasteiger partial charge < -0.3 is 19.1 Å². The molecule has 10 heteroatoms. The second-order valence-electron chi connectivity index (χ2n) is 7.98. The Labute approximate surface area is 213 Å². The lowest BCUT2D eigenvalue weighted by atomic mass is 10.1. The molecule has 0 spiro atoms. The third-order valence-electron chi connectivity index (χ3n) is 5.55. The summed E-state index contributed by atoms with van der Waals surface area (Å²) in [4.78, 5) is 53.0. The van der Waals surface area contributed by atoms with E-state index in [0.29, 0.717) is 55.5 Å². The van der Waals surface area contributed by atoms with Crippen molar-refractivity contribution in [2.75, 3.05) is 46.1 Å². The van der Waals surface area contributed by atoms with Gasteiger partial charge in [0.1, 0.15) is 0 Å². The summed E-state index contributed by atoms with van der Waals surface area (Å²) >= 11 is 0.781. The van der Waals surface area contributed by atoms with Gasteiger partial charge in [0.15, 0.2) is 23.9 Å². The highest BCUT2D eigenvalue weighted by atomic mass is 32.2. The van der Waals surface area contributed by atoms with Crippen molar-refractivity contribution in [1.82, 2.24) is 9.80 Å². The number of rotatable bonds is 9. The molecule has 4 rings (SSSR count). The number of ether oxygens (including phenoxy) is 3. The molecule has 9 nitrogen and oxygen atoms in total. The van der Waals surface area contributed by atoms with Gasteiger partial charge in [0.25, 0.3) is 17.1 Å². The van der Waals surface area contributed by atoms with E-state index in [2.05, 4.69) is 0 Å². The van der Waals surface area contributed by atoms with Gasteiger partial charge in [0.05, 0.1) is 31.3 Å². The lowest BCUT2D eigenvalue weighted by Gasteiger charge is -2.26. The van der Waals surface area contributed by atoms with Crippen molar-refractivity contribution >= 4 is 40.7 Å². The average molecular weight is 511 g/mol. The third-order valence-corrected chi connectivity index (χ3v) is 6.46. The van der Waals surface area contributed by atoms with Gasteiger partial charge >= 0.3 is 0 Å². The van der Waals surface area contributed by atoms with Crippen LogP contribution in [0.15, 0.2) is 53.4 Å². The Morgan fingerprint density at radius 3 is 2.50 bits per heavy atom. The smallest absolute Gasteiger partial charge is 0.293 e. The summed E-state index contributed by atoms with van der Waals surface area (Å²) in [5.74, 6) is -0.158. The highest BCUT2D eigenvalue weighted by Crippen LogP contribution is 2.35. The van der Waals surface area contributed by atoms with Gasteiger partial charge in [-0.25, -0.2) is 0 Å². The molecule has 2 aliphatic heterocycles. The summed E-state index contributed by atoms with van der Waals surface area (Å²) in [7, 11) is 0. The van der Waals surface area contributed by atoms with Crippen LogP contribution >= 0.6 is 11.8 Å². The van der Waals surface area contributed by atoms with Gasteiger partial charge in [0.2, 0.25) is 0 Å².